The predicted molar refractivity (Wildman–Crippen MR) is 123 cm³/mol. The van der Waals surface area contributed by atoms with Gasteiger partial charge in [-0.2, -0.15) is 0 Å². The van der Waals surface area contributed by atoms with E-state index in [0.717, 1.165) is 19.3 Å². The Balaban J connectivity index is 1.55. The first-order valence-corrected chi connectivity index (χ1v) is 12.2. The molecule has 1 N–H and O–H groups in total. The number of rotatable bonds is 4. The minimum atomic E-state index is -0.783. The highest BCUT2D eigenvalue weighted by Crippen LogP contribution is 2.65. The molecule has 4 aliphatic carbocycles. The van der Waals surface area contributed by atoms with Gasteiger partial charge in [-0.25, -0.2) is 0 Å². The van der Waals surface area contributed by atoms with Crippen LogP contribution in [0.5, 0.6) is 0 Å². The summed E-state index contributed by atoms with van der Waals surface area (Å²) in [4.78, 5) is 0. The monoisotopic (exact) mass is 398 g/mol. The van der Waals surface area contributed by atoms with Crippen LogP contribution in [-0.2, 0) is 0 Å². The van der Waals surface area contributed by atoms with Gasteiger partial charge >= 0.3 is 0 Å². The Hall–Kier alpha value is -0.820. The summed E-state index contributed by atoms with van der Waals surface area (Å²) in [5.41, 5.74) is 3.83. The molecule has 0 aromatic carbocycles. The van der Waals surface area contributed by atoms with E-state index in [2.05, 4.69) is 58.9 Å². The van der Waals surface area contributed by atoms with E-state index in [1.165, 1.54) is 31.3 Å². The molecule has 0 bridgehead atoms. The van der Waals surface area contributed by atoms with Crippen molar-refractivity contribution in [2.24, 2.45) is 46.3 Å². The highest BCUT2D eigenvalue weighted by Gasteiger charge is 2.56. The Morgan fingerprint density at radius 1 is 1.03 bits per heavy atom. The van der Waals surface area contributed by atoms with Crippen molar-refractivity contribution < 1.29 is 7.85 Å². The summed E-state index contributed by atoms with van der Waals surface area (Å²) in [5.74, 6) is 2.91. The van der Waals surface area contributed by atoms with E-state index in [4.69, 9.17) is 2.74 Å². The lowest BCUT2D eigenvalue weighted by molar-refractivity contribution is 0.0382. The Bertz CT molecular complexity index is 757. The zero-order valence-corrected chi connectivity index (χ0v) is 19.3. The molecule has 0 aromatic rings. The summed E-state index contributed by atoms with van der Waals surface area (Å²) in [6, 6.07) is 0. The average molecular weight is 399 g/mol. The fourth-order valence-electron chi connectivity index (χ4n) is 7.55. The molecule has 0 heterocycles. The fraction of sp³-hybridized carbons (Fsp3) is 0.786. The van der Waals surface area contributed by atoms with E-state index in [0.29, 0.717) is 35.0 Å². The molecule has 0 aromatic heterocycles. The quantitative estimate of drug-likeness (QED) is 0.491. The summed E-state index contributed by atoms with van der Waals surface area (Å²) in [5, 5.41) is 10.2. The molecule has 0 saturated heterocycles. The largest absolute Gasteiger partial charge is 0.393 e. The van der Waals surface area contributed by atoms with Crippen LogP contribution < -0.4 is 0 Å². The number of hydrogen-bond acceptors (Lipinski definition) is 1. The molecule has 1 heteroatoms. The second-order valence-corrected chi connectivity index (χ2v) is 11.6. The summed E-state index contributed by atoms with van der Waals surface area (Å²) in [6.45, 7) is 10.9. The van der Waals surface area contributed by atoms with Gasteiger partial charge in [0.2, 0.25) is 0 Å². The van der Waals surface area contributed by atoms with E-state index >= 15 is 0 Å². The van der Waals surface area contributed by atoms with Crippen molar-refractivity contribution in [3.05, 3.63) is 35.5 Å². The molecule has 3 saturated carbocycles. The molecule has 29 heavy (non-hydrogen) atoms. The molecular weight excluding hydrogens is 352 g/mol. The second kappa shape index (κ2) is 7.70. The molecule has 162 valence electrons. The van der Waals surface area contributed by atoms with E-state index < -0.39 is 6.88 Å². The third-order valence-electron chi connectivity index (χ3n) is 9.66. The van der Waals surface area contributed by atoms with Gasteiger partial charge in [0.1, 0.15) is 0 Å². The van der Waals surface area contributed by atoms with Crippen LogP contribution in [0.3, 0.4) is 0 Å². The highest BCUT2D eigenvalue weighted by molar-refractivity contribution is 5.39. The Morgan fingerprint density at radius 3 is 2.55 bits per heavy atom. The zero-order valence-electron chi connectivity index (χ0n) is 21.3. The first-order chi connectivity index (χ1) is 14.6. The molecule has 0 aliphatic heterocycles. The van der Waals surface area contributed by atoms with Crippen LogP contribution in [0.1, 0.15) is 89.2 Å². The molecule has 1 nitrogen and oxygen atoms in total. The molecule has 4 aliphatic rings. The van der Waals surface area contributed by atoms with Gasteiger partial charge in [-0.15, -0.1) is 0 Å². The number of allylic oxidation sites excluding steroid dienone is 5. The molecule has 0 radical (unpaired) electrons. The third kappa shape index (κ3) is 3.50. The van der Waals surface area contributed by atoms with Crippen molar-refractivity contribution in [1.82, 2.24) is 0 Å². The van der Waals surface area contributed by atoms with Gasteiger partial charge in [0.15, 0.2) is 0 Å². The first kappa shape index (κ1) is 18.9. The van der Waals surface area contributed by atoms with Crippen LogP contribution in [0.4, 0.5) is 0 Å². The number of hydrogen-bond donors (Lipinski definition) is 1. The zero-order chi connectivity index (χ0) is 22.6. The van der Waals surface area contributed by atoms with E-state index in [1.54, 1.807) is 5.57 Å². The van der Waals surface area contributed by atoms with Gasteiger partial charge in [-0.1, -0.05) is 76.9 Å². The van der Waals surface area contributed by atoms with Gasteiger partial charge in [-0.05, 0) is 91.3 Å². The lowest BCUT2D eigenvalue weighted by Crippen LogP contribution is -2.46. The van der Waals surface area contributed by atoms with Crippen LogP contribution in [0.25, 0.3) is 0 Å². The summed E-state index contributed by atoms with van der Waals surface area (Å²) in [7, 11) is 0. The fourth-order valence-corrected chi connectivity index (χ4v) is 7.55. The Labute approximate surface area is 182 Å². The first-order valence-electron chi connectivity index (χ1n) is 13.4. The van der Waals surface area contributed by atoms with Gasteiger partial charge in [0, 0.05) is 2.74 Å². The maximum atomic E-state index is 10.2. The van der Waals surface area contributed by atoms with E-state index in [-0.39, 0.29) is 17.4 Å². The maximum absolute atomic E-state index is 10.2. The Morgan fingerprint density at radius 2 is 1.83 bits per heavy atom. The molecule has 3 fully saturated rings. The smallest absolute Gasteiger partial charge is 0.0578 e. The van der Waals surface area contributed by atoms with Crippen molar-refractivity contribution in [2.45, 2.75) is 92.5 Å². The van der Waals surface area contributed by atoms with Crippen LogP contribution >= 0.6 is 0 Å². The average Bonchev–Trinajstić information content (AvgIpc) is 3.05. The minimum Gasteiger partial charge on any atom is -0.393 e. The van der Waals surface area contributed by atoms with Crippen LogP contribution in [0, 0.1) is 46.3 Å². The summed E-state index contributed by atoms with van der Waals surface area (Å²) >= 11 is 0. The number of fused-ring (bicyclic) bond motifs is 5. The molecular formula is C28H44O. The van der Waals surface area contributed by atoms with Crippen molar-refractivity contribution in [3.8, 4) is 0 Å². The van der Waals surface area contributed by atoms with Gasteiger partial charge < -0.3 is 5.11 Å². The lowest BCUT2D eigenvalue weighted by atomic mass is 9.50. The van der Waals surface area contributed by atoms with Crippen molar-refractivity contribution in [1.29, 1.82) is 0 Å². The topological polar surface area (TPSA) is 20.2 Å². The molecule has 8 atom stereocenters. The molecule has 0 spiro atoms. The minimum absolute atomic E-state index is 0.0226. The van der Waals surface area contributed by atoms with Gasteiger partial charge in [0.25, 0.3) is 0 Å². The third-order valence-corrected chi connectivity index (χ3v) is 9.66. The standard InChI is InChI=1S/C28H44O/c1-18(2)19(3)7-8-20(4)24-11-12-25-23-10-9-21-17-22(29)13-15-27(21,5)26(23)14-16-28(24,25)6/h7-10,18-20,22,24-26,29H,11-17H2,1-6H3/b8-7+/t19-,20+,22-,24+,25-,26-,27-,28+/m0/s1/i3D2. The SMILES string of the molecule is [2H]C([2H])[C@@H](/C=C/[C@@H](C)[C@H]1CC[C@H]2C3=CC=C4C[C@@H](O)CC[C@]4(C)[C@H]3CC[C@]12C)C(C)C. The van der Waals surface area contributed by atoms with Crippen LogP contribution in [0.2, 0.25) is 0 Å². The molecule has 4 rings (SSSR count). The van der Waals surface area contributed by atoms with Gasteiger partial charge in [0.05, 0.1) is 6.10 Å². The van der Waals surface area contributed by atoms with E-state index in [1.807, 2.05) is 0 Å². The normalized spacial score (nSPS) is 45.1. The summed E-state index contributed by atoms with van der Waals surface area (Å²) in [6.07, 6.45) is 17.4. The van der Waals surface area contributed by atoms with E-state index in [9.17, 15) is 5.11 Å². The van der Waals surface area contributed by atoms with Crippen molar-refractivity contribution >= 4 is 0 Å². The molecule has 0 amide bonds. The summed E-state index contributed by atoms with van der Waals surface area (Å²) < 4.78 is 15.8. The van der Waals surface area contributed by atoms with Crippen molar-refractivity contribution in [2.75, 3.05) is 0 Å². The highest BCUT2D eigenvalue weighted by atomic mass is 16.3. The number of aliphatic hydroxyl groups excluding tert-OH is 1. The van der Waals surface area contributed by atoms with Crippen LogP contribution in [0.15, 0.2) is 35.5 Å². The predicted octanol–water partition coefficient (Wildman–Crippen LogP) is 7.33. The lowest BCUT2D eigenvalue weighted by Gasteiger charge is -2.55. The second-order valence-electron chi connectivity index (χ2n) is 11.6. The Kier molecular flexibility index (Phi) is 5.02. The molecule has 0 unspecified atom stereocenters. The maximum Gasteiger partial charge on any atom is 0.0578 e. The van der Waals surface area contributed by atoms with Crippen molar-refractivity contribution in [3.63, 3.8) is 0 Å². The number of aliphatic hydroxyl groups is 1. The van der Waals surface area contributed by atoms with Gasteiger partial charge in [-0.3, -0.25) is 0 Å². The van der Waals surface area contributed by atoms with Crippen LogP contribution in [-0.4, -0.2) is 11.2 Å².